The third-order valence-electron chi connectivity index (χ3n) is 7.24. The third kappa shape index (κ3) is 7.54. The van der Waals surface area contributed by atoms with Crippen molar-refractivity contribution in [3.05, 3.63) is 77.9 Å². The average Bonchev–Trinajstić information content (AvgIpc) is 3.05. The topological polar surface area (TPSA) is 99.2 Å². The molecular formula is C32H38N2O5. The molecule has 1 aromatic heterocycles. The zero-order valence-electron chi connectivity index (χ0n) is 22.8. The number of rotatable bonds is 7. The number of carboxylic acids is 1. The molecule has 3 aromatic carbocycles. The second kappa shape index (κ2) is 13.2. The third-order valence-corrected chi connectivity index (χ3v) is 7.24. The van der Waals surface area contributed by atoms with Gasteiger partial charge in [-0.25, -0.2) is 0 Å². The van der Waals surface area contributed by atoms with Gasteiger partial charge in [-0.2, -0.15) is 0 Å². The highest BCUT2D eigenvalue weighted by atomic mass is 16.5. The van der Waals surface area contributed by atoms with Crippen LogP contribution in [0.3, 0.4) is 0 Å². The van der Waals surface area contributed by atoms with Crippen LogP contribution in [0, 0.1) is 6.92 Å². The molecule has 1 aliphatic heterocycles. The lowest BCUT2D eigenvalue weighted by Gasteiger charge is -2.17. The quantitative estimate of drug-likeness (QED) is 0.339. The van der Waals surface area contributed by atoms with E-state index in [0.717, 1.165) is 53.5 Å². The summed E-state index contributed by atoms with van der Waals surface area (Å²) in [6, 6.07) is 21.3. The molecule has 0 unspecified atom stereocenters. The summed E-state index contributed by atoms with van der Waals surface area (Å²) in [5.74, 6) is 0.346. The highest BCUT2D eigenvalue weighted by Crippen LogP contribution is 2.36. The fourth-order valence-corrected chi connectivity index (χ4v) is 5.33. The first kappa shape index (κ1) is 28.0. The predicted molar refractivity (Wildman–Crippen MR) is 151 cm³/mol. The molecule has 0 aliphatic carbocycles. The number of benzene rings is 3. The van der Waals surface area contributed by atoms with Crippen molar-refractivity contribution >= 4 is 16.9 Å². The minimum absolute atomic E-state index is 0.250. The maximum Gasteiger partial charge on any atom is 0.137 e. The van der Waals surface area contributed by atoms with Crippen LogP contribution in [0.2, 0.25) is 0 Å². The summed E-state index contributed by atoms with van der Waals surface area (Å²) in [6.07, 6.45) is 5.42. The standard InChI is InChI=1S/C30H34N2O3.C2H4O2/c1-22-28-20-26(34)12-15-29(28)32(30(22)24-8-10-25(33)11-9-24)21-23-6-13-27(14-7-23)35-19-18-31-16-4-2-3-5-17-31;1-2(3)4/h6-15,20,33-34H,2-5,16-19,21H2,1H3;1H3,(H,3,4). The minimum Gasteiger partial charge on any atom is -0.550 e. The van der Waals surface area contributed by atoms with Crippen LogP contribution in [0.1, 0.15) is 43.7 Å². The molecule has 0 spiro atoms. The van der Waals surface area contributed by atoms with Crippen molar-refractivity contribution in [1.29, 1.82) is 0 Å². The fourth-order valence-electron chi connectivity index (χ4n) is 5.33. The number of carbonyl (C=O) groups is 1. The zero-order chi connectivity index (χ0) is 27.8. The summed E-state index contributed by atoms with van der Waals surface area (Å²) < 4.78 is 8.35. The number of carbonyl (C=O) groups excluding carboxylic acids is 1. The number of nitrogens with one attached hydrogen (secondary N) is 1. The van der Waals surface area contributed by atoms with Crippen LogP contribution in [0.15, 0.2) is 66.7 Å². The smallest absolute Gasteiger partial charge is 0.137 e. The van der Waals surface area contributed by atoms with Gasteiger partial charge >= 0.3 is 0 Å². The number of hydrogen-bond donors (Lipinski definition) is 3. The van der Waals surface area contributed by atoms with Gasteiger partial charge in [-0.3, -0.25) is 0 Å². The van der Waals surface area contributed by atoms with Crippen LogP contribution in [-0.4, -0.2) is 47.0 Å². The lowest BCUT2D eigenvalue weighted by atomic mass is 10.1. The number of likely N-dealkylation sites (tertiary alicyclic amines) is 1. The van der Waals surface area contributed by atoms with Gasteiger partial charge in [-0.15, -0.1) is 0 Å². The number of aromatic hydroxyl groups is 2. The minimum atomic E-state index is -1.08. The number of fused-ring (bicyclic) bond motifs is 1. The van der Waals surface area contributed by atoms with Crippen molar-refractivity contribution in [2.24, 2.45) is 0 Å². The lowest BCUT2D eigenvalue weighted by molar-refractivity contribution is -0.899. The Morgan fingerprint density at radius 1 is 0.923 bits per heavy atom. The maximum absolute atomic E-state index is 10.1. The van der Waals surface area contributed by atoms with Gasteiger partial charge in [0.05, 0.1) is 18.8 Å². The molecule has 1 aliphatic rings. The van der Waals surface area contributed by atoms with Gasteiger partial charge in [0.25, 0.3) is 0 Å². The summed E-state index contributed by atoms with van der Waals surface area (Å²) in [5, 5.41) is 29.8. The molecule has 0 saturated carbocycles. The number of aryl methyl sites for hydroxylation is 1. The molecule has 5 rings (SSSR count). The van der Waals surface area contributed by atoms with Crippen molar-refractivity contribution < 1.29 is 29.8 Å². The molecule has 1 saturated heterocycles. The number of ether oxygens (including phenoxy) is 1. The first-order valence-corrected chi connectivity index (χ1v) is 13.7. The Hall–Kier alpha value is -3.97. The van der Waals surface area contributed by atoms with E-state index in [1.165, 1.54) is 44.3 Å². The zero-order valence-corrected chi connectivity index (χ0v) is 22.8. The molecule has 2 heterocycles. The van der Waals surface area contributed by atoms with Gasteiger partial charge in [-0.1, -0.05) is 12.1 Å². The largest absolute Gasteiger partial charge is 0.550 e. The molecule has 0 radical (unpaired) electrons. The van der Waals surface area contributed by atoms with E-state index in [-0.39, 0.29) is 11.5 Å². The van der Waals surface area contributed by atoms with Crippen molar-refractivity contribution in [3.8, 4) is 28.5 Å². The van der Waals surface area contributed by atoms with Gasteiger partial charge in [0, 0.05) is 23.4 Å². The van der Waals surface area contributed by atoms with E-state index in [4.69, 9.17) is 14.6 Å². The van der Waals surface area contributed by atoms with Gasteiger partial charge < -0.3 is 34.3 Å². The Bertz CT molecular complexity index is 1360. The van der Waals surface area contributed by atoms with Gasteiger partial charge in [0.2, 0.25) is 0 Å². The molecule has 0 bridgehead atoms. The summed E-state index contributed by atoms with van der Waals surface area (Å²) in [7, 11) is 0. The number of hydrogen-bond acceptors (Lipinski definition) is 5. The molecule has 206 valence electrons. The van der Waals surface area contributed by atoms with Crippen molar-refractivity contribution in [1.82, 2.24) is 4.57 Å². The number of aromatic nitrogens is 1. The number of carboxylic acid groups (broad SMARTS) is 1. The van der Waals surface area contributed by atoms with E-state index in [1.807, 2.05) is 24.3 Å². The SMILES string of the molecule is CC(=O)[O-].Cc1c(-c2ccc(O)cc2)n(Cc2ccc(OCC[NH+]3CCCCCC3)cc2)c2ccc(O)cc12. The molecular weight excluding hydrogens is 492 g/mol. The molecule has 7 heteroatoms. The summed E-state index contributed by atoms with van der Waals surface area (Å²) in [6.45, 7) is 8.12. The van der Waals surface area contributed by atoms with E-state index in [0.29, 0.717) is 6.54 Å². The Kier molecular flexibility index (Phi) is 9.49. The van der Waals surface area contributed by atoms with E-state index in [1.54, 1.807) is 23.1 Å². The monoisotopic (exact) mass is 530 g/mol. The Morgan fingerprint density at radius 2 is 1.54 bits per heavy atom. The number of nitrogens with zero attached hydrogens (tertiary/aromatic N) is 1. The summed E-state index contributed by atoms with van der Waals surface area (Å²) in [5.41, 5.74) is 5.49. The van der Waals surface area contributed by atoms with E-state index < -0.39 is 5.97 Å². The Balaban J connectivity index is 0.000000826. The molecule has 3 N–H and O–H groups in total. The van der Waals surface area contributed by atoms with E-state index in [9.17, 15) is 10.2 Å². The van der Waals surface area contributed by atoms with Gasteiger partial charge in [0.15, 0.2) is 0 Å². The van der Waals surface area contributed by atoms with Crippen LogP contribution < -0.4 is 14.7 Å². The van der Waals surface area contributed by atoms with Gasteiger partial charge in [0.1, 0.15) is 30.4 Å². The van der Waals surface area contributed by atoms with Crippen molar-refractivity contribution in [2.45, 2.75) is 46.1 Å². The van der Waals surface area contributed by atoms with Crippen LogP contribution in [0.4, 0.5) is 0 Å². The van der Waals surface area contributed by atoms with E-state index in [2.05, 4.69) is 35.8 Å². The second-order valence-corrected chi connectivity index (χ2v) is 10.2. The average molecular weight is 531 g/mol. The molecule has 0 atom stereocenters. The number of aliphatic carboxylic acids is 1. The maximum atomic E-state index is 10.1. The number of phenolic OH excluding ortho intramolecular Hbond substituents is 2. The van der Waals surface area contributed by atoms with E-state index >= 15 is 0 Å². The summed E-state index contributed by atoms with van der Waals surface area (Å²) >= 11 is 0. The number of quaternary nitrogens is 1. The Labute approximate surface area is 229 Å². The Morgan fingerprint density at radius 3 is 2.18 bits per heavy atom. The highest BCUT2D eigenvalue weighted by molar-refractivity contribution is 5.92. The molecule has 0 amide bonds. The van der Waals surface area contributed by atoms with Crippen LogP contribution in [-0.2, 0) is 11.3 Å². The van der Waals surface area contributed by atoms with Gasteiger partial charge in [-0.05, 0) is 111 Å². The molecule has 39 heavy (non-hydrogen) atoms. The summed E-state index contributed by atoms with van der Waals surface area (Å²) in [4.78, 5) is 10.6. The van der Waals surface area contributed by atoms with Crippen LogP contribution in [0.25, 0.3) is 22.2 Å². The second-order valence-electron chi connectivity index (χ2n) is 10.2. The van der Waals surface area contributed by atoms with Crippen molar-refractivity contribution in [3.63, 3.8) is 0 Å². The van der Waals surface area contributed by atoms with Crippen LogP contribution >= 0.6 is 0 Å². The first-order chi connectivity index (χ1) is 18.8. The molecule has 7 nitrogen and oxygen atoms in total. The highest BCUT2D eigenvalue weighted by Gasteiger charge is 2.17. The molecule has 1 fully saturated rings. The fraction of sp³-hybridized carbons (Fsp3) is 0.344. The van der Waals surface area contributed by atoms with Crippen molar-refractivity contribution in [2.75, 3.05) is 26.2 Å². The van der Waals surface area contributed by atoms with Crippen LogP contribution in [0.5, 0.6) is 17.2 Å². The molecule has 4 aromatic rings. The first-order valence-electron chi connectivity index (χ1n) is 13.7. The predicted octanol–water partition coefficient (Wildman–Crippen LogP) is 3.67. The number of phenols is 2. The normalized spacial score (nSPS) is 13.9. The lowest BCUT2D eigenvalue weighted by Crippen LogP contribution is -3.12.